The van der Waals surface area contributed by atoms with Crippen LogP contribution in [0.3, 0.4) is 0 Å². The number of thiophene rings is 1. The molecular formula is C11H17ClN2O4S2. The molecule has 1 aromatic heterocycles. The summed E-state index contributed by atoms with van der Waals surface area (Å²) < 4.78 is 31.8. The number of hydrogen-bond acceptors (Lipinski definition) is 5. The van der Waals surface area contributed by atoms with Crippen LogP contribution in [-0.4, -0.2) is 52.6 Å². The molecule has 6 nitrogen and oxygen atoms in total. The van der Waals surface area contributed by atoms with Crippen molar-refractivity contribution in [3.05, 3.63) is 16.5 Å². The number of carbonyl (C=O) groups is 1. The average molecular weight is 341 g/mol. The number of sulfonamides is 1. The van der Waals surface area contributed by atoms with Crippen LogP contribution < -0.4 is 4.72 Å². The van der Waals surface area contributed by atoms with Crippen LogP contribution in [0.4, 0.5) is 0 Å². The molecule has 0 aliphatic heterocycles. The highest BCUT2D eigenvalue weighted by atomic mass is 35.5. The Morgan fingerprint density at radius 3 is 2.65 bits per heavy atom. The van der Waals surface area contributed by atoms with Crippen molar-refractivity contribution in [2.75, 3.05) is 33.4 Å². The first-order valence-electron chi connectivity index (χ1n) is 5.86. The molecule has 0 aromatic carbocycles. The third kappa shape index (κ3) is 5.37. The second-order valence-electron chi connectivity index (χ2n) is 3.96. The van der Waals surface area contributed by atoms with Gasteiger partial charge in [-0.1, -0.05) is 11.6 Å². The summed E-state index contributed by atoms with van der Waals surface area (Å²) in [6, 6.07) is 2.98. The molecule has 0 aliphatic carbocycles. The zero-order chi connectivity index (χ0) is 15.2. The zero-order valence-corrected chi connectivity index (χ0v) is 13.6. The van der Waals surface area contributed by atoms with Gasteiger partial charge >= 0.3 is 0 Å². The average Bonchev–Trinajstić information content (AvgIpc) is 2.80. The molecule has 0 saturated carbocycles. The second-order valence-corrected chi connectivity index (χ2v) is 7.66. The summed E-state index contributed by atoms with van der Waals surface area (Å²) in [5, 5.41) is 0. The van der Waals surface area contributed by atoms with Gasteiger partial charge in [0.2, 0.25) is 15.9 Å². The van der Waals surface area contributed by atoms with E-state index in [0.717, 1.165) is 11.3 Å². The van der Waals surface area contributed by atoms with E-state index in [0.29, 0.717) is 17.5 Å². The SMILES string of the molecule is COCCN(CCNS(=O)(=O)c1ccc(Cl)s1)C(C)=O. The molecule has 114 valence electrons. The zero-order valence-electron chi connectivity index (χ0n) is 11.3. The molecule has 0 radical (unpaired) electrons. The fourth-order valence-corrected chi connectivity index (χ4v) is 4.00. The number of rotatable bonds is 8. The Morgan fingerprint density at radius 2 is 2.15 bits per heavy atom. The quantitative estimate of drug-likeness (QED) is 0.771. The van der Waals surface area contributed by atoms with Crippen molar-refractivity contribution < 1.29 is 17.9 Å². The maximum Gasteiger partial charge on any atom is 0.250 e. The van der Waals surface area contributed by atoms with Crippen LogP contribution in [0, 0.1) is 0 Å². The predicted molar refractivity (Wildman–Crippen MR) is 78.6 cm³/mol. The first-order valence-corrected chi connectivity index (χ1v) is 8.54. The van der Waals surface area contributed by atoms with Crippen LogP contribution in [0.5, 0.6) is 0 Å². The fraction of sp³-hybridized carbons (Fsp3) is 0.545. The van der Waals surface area contributed by atoms with Gasteiger partial charge < -0.3 is 9.64 Å². The van der Waals surface area contributed by atoms with Crippen LogP contribution in [0.15, 0.2) is 16.3 Å². The van der Waals surface area contributed by atoms with Gasteiger partial charge in [-0.3, -0.25) is 4.79 Å². The van der Waals surface area contributed by atoms with Gasteiger partial charge in [-0.15, -0.1) is 11.3 Å². The molecule has 0 unspecified atom stereocenters. The molecule has 9 heteroatoms. The highest BCUT2D eigenvalue weighted by Gasteiger charge is 2.17. The number of ether oxygens (including phenoxy) is 1. The van der Waals surface area contributed by atoms with Crippen molar-refractivity contribution in [2.24, 2.45) is 0 Å². The smallest absolute Gasteiger partial charge is 0.250 e. The van der Waals surface area contributed by atoms with Gasteiger partial charge in [0.25, 0.3) is 0 Å². The molecule has 0 atom stereocenters. The lowest BCUT2D eigenvalue weighted by molar-refractivity contribution is -0.129. The molecular weight excluding hydrogens is 324 g/mol. The number of nitrogens with zero attached hydrogens (tertiary/aromatic N) is 1. The molecule has 20 heavy (non-hydrogen) atoms. The lowest BCUT2D eigenvalue weighted by atomic mass is 10.4. The van der Waals surface area contributed by atoms with E-state index in [2.05, 4.69) is 4.72 Å². The van der Waals surface area contributed by atoms with E-state index in [9.17, 15) is 13.2 Å². The maximum atomic E-state index is 11.9. The topological polar surface area (TPSA) is 75.7 Å². The molecule has 1 rings (SSSR count). The predicted octanol–water partition coefficient (Wildman–Crippen LogP) is 1.17. The number of hydrogen-bond donors (Lipinski definition) is 1. The van der Waals surface area contributed by atoms with Crippen LogP contribution in [-0.2, 0) is 19.6 Å². The first-order chi connectivity index (χ1) is 9.36. The second kappa shape index (κ2) is 7.94. The third-order valence-corrected chi connectivity index (χ3v) is 5.68. The summed E-state index contributed by atoms with van der Waals surface area (Å²) in [6.45, 7) is 2.70. The van der Waals surface area contributed by atoms with Gasteiger partial charge in [0.15, 0.2) is 0 Å². The molecule has 0 spiro atoms. The number of nitrogens with one attached hydrogen (secondary N) is 1. The summed E-state index contributed by atoms with van der Waals surface area (Å²) in [7, 11) is -2.02. The fourth-order valence-electron chi connectivity index (χ4n) is 1.46. The van der Waals surface area contributed by atoms with Gasteiger partial charge in [0.1, 0.15) is 4.21 Å². The normalized spacial score (nSPS) is 11.6. The maximum absolute atomic E-state index is 11.9. The van der Waals surface area contributed by atoms with Crippen molar-refractivity contribution >= 4 is 38.9 Å². The van der Waals surface area contributed by atoms with Crippen molar-refractivity contribution in [3.63, 3.8) is 0 Å². The number of methoxy groups -OCH3 is 1. The van der Waals surface area contributed by atoms with Gasteiger partial charge in [-0.25, -0.2) is 13.1 Å². The Bertz CT molecular complexity index is 544. The highest BCUT2D eigenvalue weighted by molar-refractivity contribution is 7.91. The van der Waals surface area contributed by atoms with E-state index in [4.69, 9.17) is 16.3 Å². The molecule has 0 fully saturated rings. The highest BCUT2D eigenvalue weighted by Crippen LogP contribution is 2.25. The van der Waals surface area contributed by atoms with Crippen LogP contribution in [0.25, 0.3) is 0 Å². The minimum Gasteiger partial charge on any atom is -0.383 e. The van der Waals surface area contributed by atoms with Crippen molar-refractivity contribution in [2.45, 2.75) is 11.1 Å². The third-order valence-electron chi connectivity index (χ3n) is 2.50. The Hall–Kier alpha value is -0.670. The standard InChI is InChI=1S/C11H17ClN2O4S2/c1-9(15)14(7-8-18-2)6-5-13-20(16,17)11-4-3-10(12)19-11/h3-4,13H,5-8H2,1-2H3. The summed E-state index contributed by atoms with van der Waals surface area (Å²) >= 11 is 6.70. The summed E-state index contributed by atoms with van der Waals surface area (Å²) in [5.74, 6) is -0.125. The molecule has 1 heterocycles. The van der Waals surface area contributed by atoms with E-state index in [-0.39, 0.29) is 23.2 Å². The monoisotopic (exact) mass is 340 g/mol. The van der Waals surface area contributed by atoms with Crippen molar-refractivity contribution in [3.8, 4) is 0 Å². The van der Waals surface area contributed by atoms with E-state index < -0.39 is 10.0 Å². The Labute approximate surface area is 127 Å². The lowest BCUT2D eigenvalue weighted by Gasteiger charge is -2.20. The first kappa shape index (κ1) is 17.4. The van der Waals surface area contributed by atoms with Gasteiger partial charge in [-0.2, -0.15) is 0 Å². The Kier molecular flexibility index (Phi) is 6.90. The van der Waals surface area contributed by atoms with Crippen molar-refractivity contribution in [1.29, 1.82) is 0 Å². The number of halogens is 1. The Morgan fingerprint density at radius 1 is 1.45 bits per heavy atom. The molecule has 1 N–H and O–H groups in total. The molecule has 0 bridgehead atoms. The van der Waals surface area contributed by atoms with Crippen LogP contribution in [0.2, 0.25) is 4.34 Å². The minimum atomic E-state index is -3.57. The Balaban J connectivity index is 2.51. The van der Waals surface area contributed by atoms with E-state index >= 15 is 0 Å². The molecule has 0 saturated heterocycles. The van der Waals surface area contributed by atoms with Gasteiger partial charge in [0.05, 0.1) is 10.9 Å². The lowest BCUT2D eigenvalue weighted by Crippen LogP contribution is -2.39. The van der Waals surface area contributed by atoms with E-state index in [1.54, 1.807) is 7.11 Å². The molecule has 1 amide bonds. The number of carbonyl (C=O) groups excluding carboxylic acids is 1. The van der Waals surface area contributed by atoms with E-state index in [1.165, 1.54) is 24.0 Å². The largest absolute Gasteiger partial charge is 0.383 e. The number of amides is 1. The van der Waals surface area contributed by atoms with Crippen molar-refractivity contribution in [1.82, 2.24) is 9.62 Å². The van der Waals surface area contributed by atoms with Crippen LogP contribution in [0.1, 0.15) is 6.92 Å². The van der Waals surface area contributed by atoms with Gasteiger partial charge in [-0.05, 0) is 12.1 Å². The summed E-state index contributed by atoms with van der Waals surface area (Å²) in [5.41, 5.74) is 0. The van der Waals surface area contributed by atoms with Gasteiger partial charge in [0, 0.05) is 33.7 Å². The molecule has 0 aliphatic rings. The minimum absolute atomic E-state index is 0.125. The molecule has 1 aromatic rings. The van der Waals surface area contributed by atoms with E-state index in [1.807, 2.05) is 0 Å². The van der Waals surface area contributed by atoms with Crippen LogP contribution >= 0.6 is 22.9 Å². The summed E-state index contributed by atoms with van der Waals surface area (Å²) in [4.78, 5) is 12.9. The summed E-state index contributed by atoms with van der Waals surface area (Å²) in [6.07, 6.45) is 0.